The lowest BCUT2D eigenvalue weighted by atomic mass is 9.77. The summed E-state index contributed by atoms with van der Waals surface area (Å²) < 4.78 is 2.00. The van der Waals surface area contributed by atoms with Crippen molar-refractivity contribution in [3.63, 3.8) is 0 Å². The third-order valence-corrected chi connectivity index (χ3v) is 6.79. The van der Waals surface area contributed by atoms with E-state index in [0.717, 1.165) is 50.6 Å². The molecule has 0 bridgehead atoms. The Morgan fingerprint density at radius 3 is 2.32 bits per heavy atom. The van der Waals surface area contributed by atoms with Gasteiger partial charge in [0.25, 0.3) is 0 Å². The molecule has 1 aliphatic heterocycles. The number of carboxylic acid groups (broad SMARTS) is 1. The highest BCUT2D eigenvalue weighted by Gasteiger charge is 2.43. The van der Waals surface area contributed by atoms with Gasteiger partial charge in [-0.05, 0) is 66.3 Å². The minimum Gasteiger partial charge on any atom is -0.481 e. The van der Waals surface area contributed by atoms with Crippen LogP contribution in [0.2, 0.25) is 0 Å². The molecular weight excluding hydrogens is 524 g/mol. The molecule has 1 aliphatic carbocycles. The standard InChI is InChI=1S/C24H22Br2N2O3/c25-18-8-4-15(5-9-18)14-17-2-1-3-20-23(17)27-28(21(29)12-13-22(30)31)24(20)16-6-10-19(26)11-7-16/h4-11,14,20,24H,1-3,12-13H2,(H,30,31)/b17-14+/t20-,24-/m1/s1. The number of carboxylic acids is 1. The maximum atomic E-state index is 13.0. The van der Waals surface area contributed by atoms with E-state index >= 15 is 0 Å². The summed E-state index contributed by atoms with van der Waals surface area (Å²) in [7, 11) is 0. The summed E-state index contributed by atoms with van der Waals surface area (Å²) in [5, 5.41) is 15.3. The first kappa shape index (κ1) is 22.0. The zero-order chi connectivity index (χ0) is 22.0. The zero-order valence-electron chi connectivity index (χ0n) is 16.8. The molecule has 0 saturated heterocycles. The Kier molecular flexibility index (Phi) is 6.72. The minimum absolute atomic E-state index is 0.0579. The van der Waals surface area contributed by atoms with Gasteiger partial charge >= 0.3 is 5.97 Å². The van der Waals surface area contributed by atoms with E-state index in [0.29, 0.717) is 0 Å². The fraction of sp³-hybridized carbons (Fsp3) is 0.292. The van der Waals surface area contributed by atoms with Crippen LogP contribution in [0.1, 0.15) is 49.3 Å². The Labute approximate surface area is 198 Å². The fourth-order valence-corrected chi connectivity index (χ4v) is 4.82. The number of hydrazone groups is 1. The maximum Gasteiger partial charge on any atom is 0.303 e. The number of hydrogen-bond acceptors (Lipinski definition) is 3. The molecular formula is C24H22Br2N2O3. The van der Waals surface area contributed by atoms with Gasteiger partial charge in [0.15, 0.2) is 0 Å². The highest BCUT2D eigenvalue weighted by atomic mass is 79.9. The molecule has 7 heteroatoms. The molecule has 1 saturated carbocycles. The predicted molar refractivity (Wildman–Crippen MR) is 127 cm³/mol. The van der Waals surface area contributed by atoms with Crippen molar-refractivity contribution in [1.29, 1.82) is 0 Å². The molecule has 2 aromatic carbocycles. The summed E-state index contributed by atoms with van der Waals surface area (Å²) in [6.07, 6.45) is 4.78. The smallest absolute Gasteiger partial charge is 0.303 e. The molecule has 1 N–H and O–H groups in total. The van der Waals surface area contributed by atoms with Gasteiger partial charge in [-0.1, -0.05) is 56.1 Å². The van der Waals surface area contributed by atoms with Crippen molar-refractivity contribution >= 4 is 55.5 Å². The largest absolute Gasteiger partial charge is 0.481 e. The second kappa shape index (κ2) is 9.49. The van der Waals surface area contributed by atoms with E-state index in [1.54, 1.807) is 0 Å². The molecule has 4 rings (SSSR count). The predicted octanol–water partition coefficient (Wildman–Crippen LogP) is 6.20. The first-order chi connectivity index (χ1) is 14.9. The summed E-state index contributed by atoms with van der Waals surface area (Å²) >= 11 is 6.94. The summed E-state index contributed by atoms with van der Waals surface area (Å²) in [6, 6.07) is 15.9. The Morgan fingerprint density at radius 1 is 1.03 bits per heavy atom. The molecule has 2 atom stereocenters. The van der Waals surface area contributed by atoms with Crippen LogP contribution in [0.15, 0.2) is 68.2 Å². The zero-order valence-corrected chi connectivity index (χ0v) is 20.0. The van der Waals surface area contributed by atoms with Crippen LogP contribution < -0.4 is 0 Å². The molecule has 2 aromatic rings. The van der Waals surface area contributed by atoms with E-state index in [2.05, 4.69) is 50.1 Å². The molecule has 1 heterocycles. The molecule has 1 amide bonds. The van der Waals surface area contributed by atoms with Crippen LogP contribution in [0.25, 0.3) is 6.08 Å². The maximum absolute atomic E-state index is 13.0. The highest BCUT2D eigenvalue weighted by Crippen LogP contribution is 2.44. The number of carbonyl (C=O) groups is 2. The van der Waals surface area contributed by atoms with Crippen molar-refractivity contribution in [3.05, 3.63) is 74.2 Å². The van der Waals surface area contributed by atoms with Crippen LogP contribution >= 0.6 is 31.9 Å². The van der Waals surface area contributed by atoms with E-state index in [1.165, 1.54) is 5.01 Å². The molecule has 0 aromatic heterocycles. The van der Waals surface area contributed by atoms with Crippen LogP contribution in [-0.2, 0) is 9.59 Å². The van der Waals surface area contributed by atoms with Gasteiger partial charge in [0.1, 0.15) is 0 Å². The number of hydrogen-bond donors (Lipinski definition) is 1. The van der Waals surface area contributed by atoms with Crippen molar-refractivity contribution in [2.75, 3.05) is 0 Å². The van der Waals surface area contributed by atoms with Crippen LogP contribution in [0.3, 0.4) is 0 Å². The Hall–Kier alpha value is -2.25. The minimum atomic E-state index is -0.978. The van der Waals surface area contributed by atoms with Gasteiger partial charge in [-0.25, -0.2) is 5.01 Å². The summed E-state index contributed by atoms with van der Waals surface area (Å²) in [5.41, 5.74) is 4.21. The van der Waals surface area contributed by atoms with Crippen LogP contribution in [0.5, 0.6) is 0 Å². The normalized spacial score (nSPS) is 21.7. The number of aliphatic carboxylic acids is 1. The van der Waals surface area contributed by atoms with E-state index in [-0.39, 0.29) is 30.7 Å². The van der Waals surface area contributed by atoms with Crippen LogP contribution in [-0.4, -0.2) is 27.7 Å². The third-order valence-electron chi connectivity index (χ3n) is 5.73. The monoisotopic (exact) mass is 544 g/mol. The number of allylic oxidation sites excluding steroid dienone is 1. The van der Waals surface area contributed by atoms with Gasteiger partial charge in [-0.2, -0.15) is 5.10 Å². The summed E-state index contributed by atoms with van der Waals surface area (Å²) in [5.74, 6) is -1.13. The van der Waals surface area contributed by atoms with Gasteiger partial charge in [0.2, 0.25) is 5.91 Å². The quantitative estimate of drug-likeness (QED) is 0.486. The van der Waals surface area contributed by atoms with Gasteiger partial charge in [0.05, 0.1) is 18.2 Å². The Bertz CT molecular complexity index is 1050. The van der Waals surface area contributed by atoms with Gasteiger partial charge in [0, 0.05) is 21.3 Å². The van der Waals surface area contributed by atoms with Crippen molar-refractivity contribution in [2.45, 2.75) is 38.1 Å². The van der Waals surface area contributed by atoms with Gasteiger partial charge < -0.3 is 5.11 Å². The lowest BCUT2D eigenvalue weighted by molar-refractivity contribution is -0.141. The molecule has 0 spiro atoms. The number of nitrogens with zero attached hydrogens (tertiary/aromatic N) is 2. The number of rotatable bonds is 5. The average Bonchev–Trinajstić information content (AvgIpc) is 3.15. The number of amides is 1. The second-order valence-electron chi connectivity index (χ2n) is 7.83. The van der Waals surface area contributed by atoms with Gasteiger partial charge in [-0.3, -0.25) is 9.59 Å². The Morgan fingerprint density at radius 2 is 1.68 bits per heavy atom. The summed E-state index contributed by atoms with van der Waals surface area (Å²) in [6.45, 7) is 0. The highest BCUT2D eigenvalue weighted by molar-refractivity contribution is 9.10. The molecule has 0 unspecified atom stereocenters. The molecule has 0 radical (unpaired) electrons. The van der Waals surface area contributed by atoms with Gasteiger partial charge in [-0.15, -0.1) is 0 Å². The van der Waals surface area contributed by atoms with E-state index < -0.39 is 5.97 Å². The lowest BCUT2D eigenvalue weighted by Gasteiger charge is -2.29. The van der Waals surface area contributed by atoms with E-state index in [4.69, 9.17) is 10.2 Å². The fourth-order valence-electron chi connectivity index (χ4n) is 4.29. The van der Waals surface area contributed by atoms with Crippen molar-refractivity contribution in [2.24, 2.45) is 11.0 Å². The summed E-state index contributed by atoms with van der Waals surface area (Å²) in [4.78, 5) is 24.0. The van der Waals surface area contributed by atoms with Crippen molar-refractivity contribution < 1.29 is 14.7 Å². The second-order valence-corrected chi connectivity index (χ2v) is 9.66. The third kappa shape index (κ3) is 4.99. The van der Waals surface area contributed by atoms with E-state index in [9.17, 15) is 9.59 Å². The number of carbonyl (C=O) groups excluding carboxylic acids is 1. The first-order valence-electron chi connectivity index (χ1n) is 10.3. The molecule has 5 nitrogen and oxygen atoms in total. The van der Waals surface area contributed by atoms with Crippen LogP contribution in [0.4, 0.5) is 0 Å². The first-order valence-corrected chi connectivity index (χ1v) is 11.9. The van der Waals surface area contributed by atoms with Crippen molar-refractivity contribution in [3.8, 4) is 0 Å². The number of benzene rings is 2. The van der Waals surface area contributed by atoms with Crippen molar-refractivity contribution in [1.82, 2.24) is 5.01 Å². The molecule has 2 aliphatic rings. The Balaban J connectivity index is 1.70. The molecule has 31 heavy (non-hydrogen) atoms. The topological polar surface area (TPSA) is 70.0 Å². The SMILES string of the molecule is O=C(O)CCC(=O)N1N=C2/C(=C/c3ccc(Br)cc3)CCC[C@H]2[C@H]1c1ccc(Br)cc1. The number of halogens is 2. The lowest BCUT2D eigenvalue weighted by Crippen LogP contribution is -2.32. The molecule has 160 valence electrons. The average molecular weight is 546 g/mol. The van der Waals surface area contributed by atoms with E-state index in [1.807, 2.05) is 36.4 Å². The van der Waals surface area contributed by atoms with Crippen LogP contribution in [0, 0.1) is 5.92 Å². The number of fused-ring (bicyclic) bond motifs is 1. The molecule has 1 fully saturated rings.